The second-order valence-corrected chi connectivity index (χ2v) is 32.4. The Kier molecular flexibility index (Phi) is 24.1. The van der Waals surface area contributed by atoms with Gasteiger partial charge >= 0.3 is 23.9 Å². The molecule has 0 aliphatic carbocycles. The highest BCUT2D eigenvalue weighted by atomic mass is 32.2. The molecule has 117 heavy (non-hydrogen) atoms. The minimum Gasteiger partial charge on any atom is -0.478 e. The third kappa shape index (κ3) is 19.7. The number of nitrogen functional groups attached to an aromatic ring is 1. The maximum absolute atomic E-state index is 11.8. The van der Waals surface area contributed by atoms with Crippen molar-refractivity contribution in [1.29, 1.82) is 0 Å². The summed E-state index contributed by atoms with van der Waals surface area (Å²) in [7, 11) is -4.35. The van der Waals surface area contributed by atoms with Gasteiger partial charge in [-0.15, -0.1) is 0 Å². The van der Waals surface area contributed by atoms with Gasteiger partial charge in [0.1, 0.15) is 0 Å². The number of fused-ring (bicyclic) bond motifs is 4. The third-order valence-electron chi connectivity index (χ3n) is 19.3. The molecule has 0 radical (unpaired) electrons. The van der Waals surface area contributed by atoms with E-state index in [0.717, 1.165) is 146 Å². The molecule has 0 aliphatic heterocycles. The van der Waals surface area contributed by atoms with Crippen molar-refractivity contribution in [3.8, 4) is 45.0 Å². The number of carboxylic acids is 4. The Morgan fingerprint density at radius 2 is 0.667 bits per heavy atom. The van der Waals surface area contributed by atoms with Crippen LogP contribution in [0.15, 0.2) is 267 Å². The number of nitrogens with two attached hydrogens (primary N) is 1. The average molecular weight is 1600 g/mol. The Bertz CT molecular complexity index is 6610. The first-order chi connectivity index (χ1) is 56.0. The van der Waals surface area contributed by atoms with Gasteiger partial charge in [-0.1, -0.05) is 158 Å². The van der Waals surface area contributed by atoms with Gasteiger partial charge in [0, 0.05) is 142 Å². The molecular weight excluding hydrogens is 1520 g/mol. The monoisotopic (exact) mass is 1600 g/mol. The normalized spacial score (nSPS) is 11.5. The van der Waals surface area contributed by atoms with E-state index in [0.29, 0.717) is 48.3 Å². The maximum atomic E-state index is 11.8. The molecule has 6 N–H and O–H groups in total. The molecule has 588 valence electrons. The number of aromatic carboxylic acids is 4. The van der Waals surface area contributed by atoms with E-state index in [1.807, 2.05) is 230 Å². The number of non-ortho nitro benzene ring substituents is 1. The number of aryl methyl sites for hydroxylation is 4. The lowest BCUT2D eigenvalue weighted by molar-refractivity contribution is -0.384. The van der Waals surface area contributed by atoms with Crippen molar-refractivity contribution < 1.29 is 57.2 Å². The van der Waals surface area contributed by atoms with Crippen molar-refractivity contribution in [2.75, 3.05) is 18.2 Å². The number of carboxylic acid groups (broad SMARTS) is 4. The van der Waals surface area contributed by atoms with Gasteiger partial charge < -0.3 is 26.2 Å². The van der Waals surface area contributed by atoms with Gasteiger partial charge in [-0.05, 0) is 156 Å². The second kappa shape index (κ2) is 35.0. The summed E-state index contributed by atoms with van der Waals surface area (Å²) in [5.41, 5.74) is 30.0. The topological polar surface area (TPSA) is 339 Å². The zero-order chi connectivity index (χ0) is 82.9. The van der Waals surface area contributed by atoms with E-state index in [9.17, 15) is 62.3 Å². The second-order valence-electron chi connectivity index (χ2n) is 28.8. The predicted octanol–water partition coefficient (Wildman–Crippen LogP) is 17.3. The molecule has 25 heteroatoms. The molecular formula is C92H80N10O13S2. The molecule has 8 heterocycles. The summed E-state index contributed by atoms with van der Waals surface area (Å²) in [4.78, 5) is 56.8. The number of pyridine rings is 4. The number of sulfone groups is 1. The number of benzene rings is 8. The summed E-state index contributed by atoms with van der Waals surface area (Å²) < 4.78 is 42.7. The largest absolute Gasteiger partial charge is 0.478 e. The highest BCUT2D eigenvalue weighted by Crippen LogP contribution is 2.36. The van der Waals surface area contributed by atoms with Crippen LogP contribution < -0.4 is 5.73 Å². The van der Waals surface area contributed by atoms with E-state index >= 15 is 0 Å². The first kappa shape index (κ1) is 80.7. The molecule has 16 rings (SSSR count). The SMILES string of the molecule is Cc1ccc2c(Cc3cc(C(=O)O)cc([N+](=O)[O-])c3)c(-c3ccccc3)nn2c1.Cc1ccc2c(Cc3cc(CS(C)(=O)=O)cc(C(=O)O)c3)c(-c3ccccc3)nn2c1.Cc1ccc2c(Cc3cc(CS(C)=O)cc(C(=O)O)c3)c(-c3ccccc3)nn2c1.Cc1ccc2c(Cc3cc(N)cc(C(=O)O)c3)c(-c3ccccc3)nn2c1. The number of hydrogen-bond donors (Lipinski definition) is 5. The van der Waals surface area contributed by atoms with E-state index in [1.54, 1.807) is 41.1 Å². The van der Waals surface area contributed by atoms with E-state index in [1.165, 1.54) is 24.3 Å². The highest BCUT2D eigenvalue weighted by Gasteiger charge is 2.24. The van der Waals surface area contributed by atoms with Gasteiger partial charge in [0.15, 0.2) is 9.84 Å². The van der Waals surface area contributed by atoms with Crippen LogP contribution >= 0.6 is 0 Å². The zero-order valence-corrected chi connectivity index (χ0v) is 66.2. The smallest absolute Gasteiger partial charge is 0.335 e. The quantitative estimate of drug-likeness (QED) is 0.0253. The van der Waals surface area contributed by atoms with Crippen molar-refractivity contribution >= 4 is 78.0 Å². The predicted molar refractivity (Wildman–Crippen MR) is 454 cm³/mol. The van der Waals surface area contributed by atoms with Gasteiger partial charge in [0.05, 0.1) is 77.8 Å². The van der Waals surface area contributed by atoms with Crippen LogP contribution in [-0.2, 0) is 57.8 Å². The van der Waals surface area contributed by atoms with Gasteiger partial charge in [0.2, 0.25) is 0 Å². The van der Waals surface area contributed by atoms with Crippen LogP contribution in [0, 0.1) is 37.8 Å². The minimum atomic E-state index is -3.30. The van der Waals surface area contributed by atoms with Crippen LogP contribution in [0.1, 0.15) is 119 Å². The number of nitro groups is 1. The molecule has 0 bridgehead atoms. The molecule has 0 amide bonds. The van der Waals surface area contributed by atoms with E-state index in [-0.39, 0.29) is 33.7 Å². The standard InChI is InChI=1S/C24H22N2O4S.C24H22N2O3S.C22H17N3O4.C22H19N3O2/c1-16-8-9-22-21(23(25-26(22)14-16)19-6-4-3-5-7-19)13-17-10-18(15-31(2,29)30)12-20(11-17)24(27)28;1-16-8-9-22-21(23(25-26(22)14-16)19-6-4-3-5-7-19)13-17-10-18(15-30(2)29)12-20(11-17)24(27)28;1-14-7-8-20-19(21(23-24(20)13-14)16-5-3-2-4-6-16)11-15-9-17(22(26)27)12-18(10-15)25(28)29;1-14-7-8-20-19(11-15-9-17(22(26)27)12-18(23)10-15)21(24-25(20)13-14)16-5-3-2-4-6-16/h3-12,14H,13,15H2,1-2H3,(H,27,28);3-12,14H,13,15H2,1-2H3,(H,27,28);2-10,12-13H,11H2,1H3,(H,26,27);2-10,12-13H,11,23H2,1H3,(H,26,27). The Morgan fingerprint density at radius 3 is 0.966 bits per heavy atom. The zero-order valence-electron chi connectivity index (χ0n) is 64.5. The Morgan fingerprint density at radius 1 is 0.393 bits per heavy atom. The number of anilines is 1. The fourth-order valence-electron chi connectivity index (χ4n) is 14.3. The van der Waals surface area contributed by atoms with Crippen LogP contribution in [-0.4, -0.2) is 113 Å². The maximum Gasteiger partial charge on any atom is 0.335 e. The molecule has 0 fully saturated rings. The number of aromatic nitrogens is 8. The fraction of sp³-hybridized carbons (Fsp3) is 0.130. The molecule has 16 aromatic rings. The Labute approximate surface area is 675 Å². The Hall–Kier alpha value is -14.3. The first-order valence-electron chi connectivity index (χ1n) is 37.0. The van der Waals surface area contributed by atoms with Crippen molar-refractivity contribution in [1.82, 2.24) is 38.5 Å². The number of hydrogen-bond acceptors (Lipinski definition) is 14. The number of rotatable bonds is 21. The lowest BCUT2D eigenvalue weighted by atomic mass is 9.97. The van der Waals surface area contributed by atoms with E-state index < -0.39 is 49.4 Å². The van der Waals surface area contributed by atoms with Crippen LogP contribution in [0.25, 0.3) is 67.1 Å². The van der Waals surface area contributed by atoms with Crippen LogP contribution in [0.4, 0.5) is 11.4 Å². The molecule has 0 saturated heterocycles. The molecule has 23 nitrogen and oxygen atoms in total. The van der Waals surface area contributed by atoms with Crippen molar-refractivity contribution in [3.05, 3.63) is 378 Å². The lowest BCUT2D eigenvalue weighted by Gasteiger charge is -2.09. The number of carbonyl (C=O) groups is 4. The van der Waals surface area contributed by atoms with Gasteiger partial charge in [0.25, 0.3) is 5.69 Å². The number of nitro benzene ring substituents is 1. The molecule has 0 spiro atoms. The summed E-state index contributed by atoms with van der Waals surface area (Å²) in [5, 5.41) is 68.1. The minimum absolute atomic E-state index is 0.0738. The van der Waals surface area contributed by atoms with Gasteiger partial charge in [-0.25, -0.2) is 45.7 Å². The van der Waals surface area contributed by atoms with E-state index in [2.05, 4.69) is 18.2 Å². The van der Waals surface area contributed by atoms with Crippen LogP contribution in [0.2, 0.25) is 0 Å². The summed E-state index contributed by atoms with van der Waals surface area (Å²) in [6.45, 7) is 8.02. The molecule has 8 aromatic carbocycles. The van der Waals surface area contributed by atoms with E-state index in [4.69, 9.17) is 26.1 Å². The van der Waals surface area contributed by atoms with Crippen molar-refractivity contribution in [2.24, 2.45) is 0 Å². The summed E-state index contributed by atoms with van der Waals surface area (Å²) in [6.07, 6.45) is 12.4. The average Bonchev–Trinajstić information content (AvgIpc) is 1.65. The van der Waals surface area contributed by atoms with Crippen LogP contribution in [0.3, 0.4) is 0 Å². The molecule has 1 unspecified atom stereocenters. The Balaban J connectivity index is 0.000000136. The summed E-state index contributed by atoms with van der Waals surface area (Å²) >= 11 is 0. The van der Waals surface area contributed by atoms with Crippen molar-refractivity contribution in [3.63, 3.8) is 0 Å². The molecule has 0 aliphatic rings. The summed E-state index contributed by atoms with van der Waals surface area (Å²) in [6, 6.07) is 74.6. The van der Waals surface area contributed by atoms with Crippen molar-refractivity contribution in [2.45, 2.75) is 64.9 Å². The van der Waals surface area contributed by atoms with Crippen LogP contribution in [0.5, 0.6) is 0 Å². The summed E-state index contributed by atoms with van der Waals surface area (Å²) in [5.74, 6) is -4.14. The lowest BCUT2D eigenvalue weighted by Crippen LogP contribution is -2.05. The third-order valence-corrected chi connectivity index (χ3v) is 20.9. The number of nitrogens with zero attached hydrogens (tertiary/aromatic N) is 9. The fourth-order valence-corrected chi connectivity index (χ4v) is 15.7. The molecule has 1 atom stereocenters. The first-order valence-corrected chi connectivity index (χ1v) is 40.8. The molecule has 8 aromatic heterocycles. The molecule has 0 saturated carbocycles. The van der Waals surface area contributed by atoms with Gasteiger partial charge in [-0.3, -0.25) is 14.3 Å². The highest BCUT2D eigenvalue weighted by molar-refractivity contribution is 7.89. The van der Waals surface area contributed by atoms with Gasteiger partial charge in [-0.2, -0.15) is 20.4 Å².